The number of sulfonamides is 1. The van der Waals surface area contributed by atoms with Gasteiger partial charge in [0.25, 0.3) is 10.0 Å². The lowest BCUT2D eigenvalue weighted by Crippen LogP contribution is -2.32. The summed E-state index contributed by atoms with van der Waals surface area (Å²) in [5, 5.41) is 2.51. The molecule has 3 aromatic rings. The maximum Gasteiger partial charge on any atom is 0.338 e. The van der Waals surface area contributed by atoms with Crippen LogP contribution in [0.1, 0.15) is 41.8 Å². The van der Waals surface area contributed by atoms with Crippen molar-refractivity contribution in [1.82, 2.24) is 4.98 Å². The molecule has 0 aliphatic carbocycles. The molecule has 0 aliphatic heterocycles. The normalized spacial score (nSPS) is 11.4. The zero-order chi connectivity index (χ0) is 22.6. The van der Waals surface area contributed by atoms with Crippen LogP contribution in [0.25, 0.3) is 10.6 Å². The fourth-order valence-electron chi connectivity index (χ4n) is 3.22. The van der Waals surface area contributed by atoms with Gasteiger partial charge in [0, 0.05) is 17.5 Å². The first-order valence-electron chi connectivity index (χ1n) is 10.1. The van der Waals surface area contributed by atoms with Crippen LogP contribution in [0.15, 0.2) is 52.7 Å². The molecule has 0 unspecified atom stereocenters. The standard InChI is InChI=1S/C23H26N2O4S2/c1-5-13-25(21-15-30-22(24-21)18-9-7-16(3)8-10-18)31(27,28)19-12-11-17(6-2)20(14-19)23(26)29-4/h7-12,14-15H,5-6,13H2,1-4H3. The maximum atomic E-state index is 13.5. The highest BCUT2D eigenvalue weighted by molar-refractivity contribution is 7.92. The molecule has 1 heterocycles. The van der Waals surface area contributed by atoms with E-state index in [0.29, 0.717) is 18.7 Å². The summed E-state index contributed by atoms with van der Waals surface area (Å²) in [7, 11) is -2.63. The minimum absolute atomic E-state index is 0.0448. The number of aryl methyl sites for hydroxylation is 2. The third-order valence-electron chi connectivity index (χ3n) is 4.93. The molecule has 0 fully saturated rings. The van der Waals surface area contributed by atoms with Crippen LogP contribution in [0.4, 0.5) is 5.82 Å². The molecule has 0 radical (unpaired) electrons. The van der Waals surface area contributed by atoms with Crippen molar-refractivity contribution in [3.8, 4) is 10.6 Å². The first kappa shape index (κ1) is 23.0. The molecule has 0 aliphatic rings. The number of hydrogen-bond donors (Lipinski definition) is 0. The van der Waals surface area contributed by atoms with Gasteiger partial charge in [-0.1, -0.05) is 49.7 Å². The Hall–Kier alpha value is -2.71. The highest BCUT2D eigenvalue weighted by Crippen LogP contribution is 2.31. The molecule has 8 heteroatoms. The molecule has 31 heavy (non-hydrogen) atoms. The lowest BCUT2D eigenvalue weighted by Gasteiger charge is -2.22. The van der Waals surface area contributed by atoms with Crippen molar-refractivity contribution in [2.75, 3.05) is 18.0 Å². The fraction of sp³-hybridized carbons (Fsp3) is 0.304. The SMILES string of the molecule is CCCN(c1csc(-c2ccc(C)cc2)n1)S(=O)(=O)c1ccc(CC)c(C(=O)OC)c1. The van der Waals surface area contributed by atoms with Gasteiger partial charge in [0.15, 0.2) is 5.82 Å². The van der Waals surface area contributed by atoms with Gasteiger partial charge in [-0.05, 0) is 37.5 Å². The average Bonchev–Trinajstić information content (AvgIpc) is 3.26. The summed E-state index contributed by atoms with van der Waals surface area (Å²) in [6.45, 7) is 6.11. The highest BCUT2D eigenvalue weighted by Gasteiger charge is 2.28. The second-order valence-electron chi connectivity index (χ2n) is 7.12. The number of methoxy groups -OCH3 is 1. The summed E-state index contributed by atoms with van der Waals surface area (Å²) < 4.78 is 33.2. The number of thiazole rings is 1. The molecule has 0 saturated carbocycles. The van der Waals surface area contributed by atoms with E-state index in [-0.39, 0.29) is 17.0 Å². The number of carbonyl (C=O) groups excluding carboxylic acids is 1. The van der Waals surface area contributed by atoms with Crippen LogP contribution in [0.5, 0.6) is 0 Å². The van der Waals surface area contributed by atoms with Gasteiger partial charge in [-0.15, -0.1) is 11.3 Å². The van der Waals surface area contributed by atoms with Gasteiger partial charge < -0.3 is 4.74 Å². The number of carbonyl (C=O) groups is 1. The van der Waals surface area contributed by atoms with E-state index < -0.39 is 16.0 Å². The largest absolute Gasteiger partial charge is 0.465 e. The Morgan fingerprint density at radius 2 is 1.84 bits per heavy atom. The van der Waals surface area contributed by atoms with Crippen LogP contribution in [0.2, 0.25) is 0 Å². The Morgan fingerprint density at radius 1 is 1.13 bits per heavy atom. The molecular weight excluding hydrogens is 432 g/mol. The third kappa shape index (κ3) is 4.80. The monoisotopic (exact) mass is 458 g/mol. The van der Waals surface area contributed by atoms with Crippen LogP contribution in [-0.2, 0) is 21.2 Å². The zero-order valence-corrected chi connectivity index (χ0v) is 19.7. The van der Waals surface area contributed by atoms with Crippen LogP contribution in [-0.4, -0.2) is 33.0 Å². The number of rotatable bonds is 8. The van der Waals surface area contributed by atoms with Gasteiger partial charge in [0.1, 0.15) is 5.01 Å². The van der Waals surface area contributed by atoms with E-state index in [4.69, 9.17) is 4.74 Å². The van der Waals surface area contributed by atoms with Crippen molar-refractivity contribution in [2.24, 2.45) is 0 Å². The molecule has 164 valence electrons. The number of anilines is 1. The van der Waals surface area contributed by atoms with E-state index in [1.807, 2.05) is 45.0 Å². The lowest BCUT2D eigenvalue weighted by molar-refractivity contribution is 0.0599. The lowest BCUT2D eigenvalue weighted by atomic mass is 10.1. The minimum Gasteiger partial charge on any atom is -0.465 e. The molecule has 0 saturated heterocycles. The molecule has 2 aromatic carbocycles. The van der Waals surface area contributed by atoms with E-state index in [9.17, 15) is 13.2 Å². The molecule has 0 amide bonds. The highest BCUT2D eigenvalue weighted by atomic mass is 32.2. The first-order valence-corrected chi connectivity index (χ1v) is 12.4. The Kier molecular flexibility index (Phi) is 7.12. The van der Waals surface area contributed by atoms with E-state index in [1.165, 1.54) is 34.9 Å². The van der Waals surface area contributed by atoms with Crippen molar-refractivity contribution in [3.05, 3.63) is 64.5 Å². The quantitative estimate of drug-likeness (QED) is 0.440. The van der Waals surface area contributed by atoms with E-state index in [0.717, 1.165) is 21.7 Å². The summed E-state index contributed by atoms with van der Waals surface area (Å²) in [6, 6.07) is 12.6. The molecule has 1 aromatic heterocycles. The van der Waals surface area contributed by atoms with Crippen molar-refractivity contribution in [3.63, 3.8) is 0 Å². The number of aromatic nitrogens is 1. The number of nitrogens with zero attached hydrogens (tertiary/aromatic N) is 2. The Bertz CT molecular complexity index is 1170. The van der Waals surface area contributed by atoms with Gasteiger partial charge in [0.2, 0.25) is 0 Å². The van der Waals surface area contributed by atoms with Gasteiger partial charge in [-0.2, -0.15) is 0 Å². The molecule has 0 spiro atoms. The van der Waals surface area contributed by atoms with Gasteiger partial charge >= 0.3 is 5.97 Å². The topological polar surface area (TPSA) is 76.6 Å². The van der Waals surface area contributed by atoms with Gasteiger partial charge in [-0.25, -0.2) is 22.5 Å². The predicted octanol–water partition coefficient (Wildman–Crippen LogP) is 5.07. The molecule has 0 N–H and O–H groups in total. The fourth-order valence-corrected chi connectivity index (χ4v) is 5.63. The summed E-state index contributed by atoms with van der Waals surface area (Å²) >= 11 is 1.40. The molecule has 3 rings (SSSR count). The van der Waals surface area contributed by atoms with Gasteiger partial charge in [0.05, 0.1) is 17.6 Å². The van der Waals surface area contributed by atoms with E-state index >= 15 is 0 Å². The average molecular weight is 459 g/mol. The summed E-state index contributed by atoms with van der Waals surface area (Å²) in [5.41, 5.74) is 3.09. The number of ether oxygens (including phenoxy) is 1. The molecule has 6 nitrogen and oxygen atoms in total. The van der Waals surface area contributed by atoms with Crippen molar-refractivity contribution in [1.29, 1.82) is 0 Å². The second-order valence-corrected chi connectivity index (χ2v) is 9.84. The number of esters is 1. The van der Waals surface area contributed by atoms with Crippen molar-refractivity contribution < 1.29 is 17.9 Å². The van der Waals surface area contributed by atoms with Crippen molar-refractivity contribution in [2.45, 2.75) is 38.5 Å². The Labute approximate surface area is 187 Å². The summed E-state index contributed by atoms with van der Waals surface area (Å²) in [4.78, 5) is 16.8. The van der Waals surface area contributed by atoms with Crippen LogP contribution < -0.4 is 4.31 Å². The van der Waals surface area contributed by atoms with Crippen molar-refractivity contribution >= 4 is 33.1 Å². The smallest absolute Gasteiger partial charge is 0.338 e. The van der Waals surface area contributed by atoms with Crippen LogP contribution in [0.3, 0.4) is 0 Å². The number of hydrogen-bond acceptors (Lipinski definition) is 6. The molecular formula is C23H26N2O4S2. The van der Waals surface area contributed by atoms with E-state index in [1.54, 1.807) is 11.4 Å². The number of benzene rings is 2. The minimum atomic E-state index is -3.91. The second kappa shape index (κ2) is 9.62. The third-order valence-corrected chi connectivity index (χ3v) is 7.61. The van der Waals surface area contributed by atoms with Crippen LogP contribution in [0, 0.1) is 6.92 Å². The van der Waals surface area contributed by atoms with Gasteiger partial charge in [-0.3, -0.25) is 0 Å². The van der Waals surface area contributed by atoms with Crippen LogP contribution >= 0.6 is 11.3 Å². The molecule has 0 bridgehead atoms. The maximum absolute atomic E-state index is 13.5. The zero-order valence-electron chi connectivity index (χ0n) is 18.1. The first-order chi connectivity index (χ1) is 14.8. The summed E-state index contributed by atoms with van der Waals surface area (Å²) in [6.07, 6.45) is 1.21. The molecule has 0 atom stereocenters. The van der Waals surface area contributed by atoms with E-state index in [2.05, 4.69) is 4.98 Å². The summed E-state index contributed by atoms with van der Waals surface area (Å²) in [5.74, 6) is -0.173. The Balaban J connectivity index is 2.03. The Morgan fingerprint density at radius 3 is 2.45 bits per heavy atom. The predicted molar refractivity (Wildman–Crippen MR) is 124 cm³/mol.